The number of amides is 5. The summed E-state index contributed by atoms with van der Waals surface area (Å²) in [7, 11) is 0. The normalized spacial score (nSPS) is 20.7. The zero-order chi connectivity index (χ0) is 21.7. The van der Waals surface area contributed by atoms with Crippen molar-refractivity contribution in [3.8, 4) is 0 Å². The van der Waals surface area contributed by atoms with Gasteiger partial charge in [-0.1, -0.05) is 38.5 Å². The molecule has 0 aromatic carbocycles. The van der Waals surface area contributed by atoms with E-state index in [1.807, 2.05) is 0 Å². The fourth-order valence-electron chi connectivity index (χ4n) is 4.37. The molecular formula is C21H29N3O6. The van der Waals surface area contributed by atoms with E-state index in [-0.39, 0.29) is 53.3 Å². The monoisotopic (exact) mass is 419 g/mol. The van der Waals surface area contributed by atoms with Crippen molar-refractivity contribution in [2.45, 2.75) is 77.0 Å². The van der Waals surface area contributed by atoms with Gasteiger partial charge in [0.15, 0.2) is 0 Å². The number of hydrogen-bond acceptors (Lipinski definition) is 6. The highest BCUT2D eigenvalue weighted by molar-refractivity contribution is 6.19. The first kappa shape index (κ1) is 22.1. The molecule has 0 spiro atoms. The average molecular weight is 419 g/mol. The maximum atomic E-state index is 12.3. The largest absolute Gasteiger partial charge is 0.321 e. The van der Waals surface area contributed by atoms with Crippen LogP contribution in [0.3, 0.4) is 0 Å². The molecule has 30 heavy (non-hydrogen) atoms. The molecule has 9 heteroatoms. The molecule has 164 valence electrons. The molecule has 2 fully saturated rings. The summed E-state index contributed by atoms with van der Waals surface area (Å²) in [6.45, 7) is 0.364. The minimum atomic E-state index is -0.884. The summed E-state index contributed by atoms with van der Waals surface area (Å²) in [5.74, 6) is -2.04. The SMILES string of the molecule is O=C(CCCCCN1C(=O)CCC1=O)NC1=C(CC2CCCCC2)C(=O)N(O)C1=O. The van der Waals surface area contributed by atoms with Crippen LogP contribution in [0.5, 0.6) is 0 Å². The van der Waals surface area contributed by atoms with Gasteiger partial charge in [-0.25, -0.2) is 0 Å². The number of hydrogen-bond donors (Lipinski definition) is 2. The van der Waals surface area contributed by atoms with Crippen molar-refractivity contribution in [3.05, 3.63) is 11.3 Å². The Balaban J connectivity index is 1.47. The summed E-state index contributed by atoms with van der Waals surface area (Å²) in [6, 6.07) is 0. The fourth-order valence-corrected chi connectivity index (χ4v) is 4.37. The minimum absolute atomic E-state index is 0.0812. The molecule has 0 aromatic heterocycles. The van der Waals surface area contributed by atoms with Gasteiger partial charge in [-0.05, 0) is 25.2 Å². The molecular weight excluding hydrogens is 390 g/mol. The summed E-state index contributed by atoms with van der Waals surface area (Å²) in [5, 5.41) is 12.3. The van der Waals surface area contributed by atoms with Crippen LogP contribution >= 0.6 is 0 Å². The Hall–Kier alpha value is -2.55. The zero-order valence-corrected chi connectivity index (χ0v) is 17.2. The molecule has 0 unspecified atom stereocenters. The highest BCUT2D eigenvalue weighted by Crippen LogP contribution is 2.32. The zero-order valence-electron chi connectivity index (χ0n) is 17.2. The summed E-state index contributed by atoms with van der Waals surface area (Å²) < 4.78 is 0. The van der Waals surface area contributed by atoms with Gasteiger partial charge < -0.3 is 5.32 Å². The molecule has 0 atom stereocenters. The van der Waals surface area contributed by atoms with Crippen molar-refractivity contribution in [2.24, 2.45) is 5.92 Å². The quantitative estimate of drug-likeness (QED) is 0.334. The Kier molecular flexibility index (Phi) is 7.36. The number of imide groups is 2. The molecule has 9 nitrogen and oxygen atoms in total. The van der Waals surface area contributed by atoms with E-state index < -0.39 is 17.7 Å². The predicted octanol–water partition coefficient (Wildman–Crippen LogP) is 1.79. The number of carbonyl (C=O) groups is 5. The summed E-state index contributed by atoms with van der Waals surface area (Å²) in [4.78, 5) is 61.1. The van der Waals surface area contributed by atoms with E-state index in [1.165, 1.54) is 4.90 Å². The van der Waals surface area contributed by atoms with Gasteiger partial charge in [-0.2, -0.15) is 0 Å². The first-order valence-corrected chi connectivity index (χ1v) is 10.8. The number of carbonyl (C=O) groups excluding carboxylic acids is 5. The standard InChI is InChI=1S/C21H29N3O6/c25-16(9-5-2-6-12-23-17(26)10-11-18(23)27)22-19-15(20(28)24(30)21(19)29)13-14-7-3-1-4-8-14/h14,30H,1-13H2,(H,22,25). The van der Waals surface area contributed by atoms with Crippen molar-refractivity contribution < 1.29 is 29.2 Å². The third kappa shape index (κ3) is 5.13. The lowest BCUT2D eigenvalue weighted by Crippen LogP contribution is -2.32. The van der Waals surface area contributed by atoms with Gasteiger partial charge in [-0.15, -0.1) is 5.06 Å². The third-order valence-corrected chi connectivity index (χ3v) is 6.08. The van der Waals surface area contributed by atoms with Crippen molar-refractivity contribution >= 4 is 29.5 Å². The van der Waals surface area contributed by atoms with Gasteiger partial charge in [0.25, 0.3) is 5.91 Å². The predicted molar refractivity (Wildman–Crippen MR) is 104 cm³/mol. The molecule has 0 bridgehead atoms. The van der Waals surface area contributed by atoms with Crippen LogP contribution in [0.2, 0.25) is 0 Å². The van der Waals surface area contributed by atoms with Crippen LogP contribution in [-0.2, 0) is 24.0 Å². The second-order valence-electron chi connectivity index (χ2n) is 8.28. The summed E-state index contributed by atoms with van der Waals surface area (Å²) in [6.07, 6.45) is 8.14. The number of hydroxylamine groups is 2. The Morgan fingerprint density at radius 1 is 0.933 bits per heavy atom. The molecule has 5 amide bonds. The van der Waals surface area contributed by atoms with Crippen LogP contribution in [0, 0.1) is 5.92 Å². The van der Waals surface area contributed by atoms with Crippen LogP contribution in [0.25, 0.3) is 0 Å². The van der Waals surface area contributed by atoms with Gasteiger partial charge >= 0.3 is 5.91 Å². The summed E-state index contributed by atoms with van der Waals surface area (Å²) >= 11 is 0. The van der Waals surface area contributed by atoms with Gasteiger partial charge in [0, 0.05) is 31.4 Å². The van der Waals surface area contributed by atoms with E-state index >= 15 is 0 Å². The minimum Gasteiger partial charge on any atom is -0.321 e. The van der Waals surface area contributed by atoms with Gasteiger partial charge in [0.05, 0.1) is 0 Å². The Labute approximate surface area is 175 Å². The maximum Gasteiger partial charge on any atom is 0.301 e. The van der Waals surface area contributed by atoms with Crippen LogP contribution in [-0.4, -0.2) is 51.3 Å². The van der Waals surface area contributed by atoms with E-state index in [4.69, 9.17) is 0 Å². The highest BCUT2D eigenvalue weighted by Gasteiger charge is 2.39. The fraction of sp³-hybridized carbons (Fsp3) is 0.667. The molecule has 1 saturated heterocycles. The average Bonchev–Trinajstić information content (AvgIpc) is 3.15. The van der Waals surface area contributed by atoms with Crippen molar-refractivity contribution in [3.63, 3.8) is 0 Å². The molecule has 0 aromatic rings. The Bertz CT molecular complexity index is 753. The number of unbranched alkanes of at least 4 members (excludes halogenated alkanes) is 2. The van der Waals surface area contributed by atoms with Gasteiger partial charge in [0.1, 0.15) is 5.70 Å². The number of nitrogens with one attached hydrogen (secondary N) is 1. The first-order chi connectivity index (χ1) is 14.4. The lowest BCUT2D eigenvalue weighted by atomic mass is 9.84. The molecule has 2 N–H and O–H groups in total. The summed E-state index contributed by atoms with van der Waals surface area (Å²) in [5.41, 5.74) is 0.0835. The molecule has 1 aliphatic carbocycles. The first-order valence-electron chi connectivity index (χ1n) is 10.8. The Morgan fingerprint density at radius 3 is 2.27 bits per heavy atom. The van der Waals surface area contributed by atoms with E-state index in [2.05, 4.69) is 5.32 Å². The Morgan fingerprint density at radius 2 is 1.60 bits per heavy atom. The lowest BCUT2D eigenvalue weighted by Gasteiger charge is -2.21. The van der Waals surface area contributed by atoms with E-state index in [0.29, 0.717) is 32.2 Å². The van der Waals surface area contributed by atoms with Crippen molar-refractivity contribution in [2.75, 3.05) is 6.54 Å². The van der Waals surface area contributed by atoms with Crippen LogP contribution < -0.4 is 5.32 Å². The topological polar surface area (TPSA) is 124 Å². The highest BCUT2D eigenvalue weighted by atomic mass is 16.5. The number of rotatable bonds is 9. The van der Waals surface area contributed by atoms with E-state index in [9.17, 15) is 29.2 Å². The second-order valence-corrected chi connectivity index (χ2v) is 8.28. The van der Waals surface area contributed by atoms with Gasteiger partial charge in [0.2, 0.25) is 17.7 Å². The molecule has 2 heterocycles. The van der Waals surface area contributed by atoms with Gasteiger partial charge in [-0.3, -0.25) is 34.1 Å². The van der Waals surface area contributed by atoms with E-state index in [0.717, 1.165) is 32.1 Å². The molecule has 1 saturated carbocycles. The van der Waals surface area contributed by atoms with Crippen molar-refractivity contribution in [1.29, 1.82) is 0 Å². The molecule has 3 rings (SSSR count). The van der Waals surface area contributed by atoms with Crippen LogP contribution in [0.4, 0.5) is 0 Å². The van der Waals surface area contributed by atoms with Crippen LogP contribution in [0.1, 0.15) is 77.0 Å². The van der Waals surface area contributed by atoms with E-state index in [1.54, 1.807) is 0 Å². The van der Waals surface area contributed by atoms with Crippen LogP contribution in [0.15, 0.2) is 11.3 Å². The molecule has 2 aliphatic heterocycles. The smallest absolute Gasteiger partial charge is 0.301 e. The third-order valence-electron chi connectivity index (χ3n) is 6.08. The second kappa shape index (κ2) is 9.97. The number of nitrogens with zero attached hydrogens (tertiary/aromatic N) is 2. The number of likely N-dealkylation sites (tertiary alicyclic amines) is 1. The molecule has 0 radical (unpaired) electrons. The van der Waals surface area contributed by atoms with Crippen molar-refractivity contribution in [1.82, 2.24) is 15.3 Å². The lowest BCUT2D eigenvalue weighted by molar-refractivity contribution is -0.170. The maximum absolute atomic E-state index is 12.3. The molecule has 3 aliphatic rings.